The molecule has 0 spiro atoms. The zero-order chi connectivity index (χ0) is 16.4. The van der Waals surface area contributed by atoms with Crippen LogP contribution in [0.3, 0.4) is 0 Å². The Morgan fingerprint density at radius 1 is 1.22 bits per heavy atom. The Morgan fingerprint density at radius 3 is 2.39 bits per heavy atom. The topological polar surface area (TPSA) is 72.6 Å². The van der Waals surface area contributed by atoms with Crippen LogP contribution in [0.15, 0.2) is 24.3 Å². The third kappa shape index (κ3) is 2.80. The van der Waals surface area contributed by atoms with Crippen molar-refractivity contribution in [2.45, 2.75) is 37.5 Å². The molecule has 2 amide bonds. The quantitative estimate of drug-likeness (QED) is 0.921. The van der Waals surface area contributed by atoms with Gasteiger partial charge in [0.25, 0.3) is 0 Å². The van der Waals surface area contributed by atoms with Crippen molar-refractivity contribution in [2.24, 2.45) is 11.7 Å². The molecule has 1 aliphatic heterocycles. The van der Waals surface area contributed by atoms with E-state index in [1.807, 2.05) is 29.2 Å². The number of primary amides is 1. The molecule has 5 nitrogen and oxygen atoms in total. The Hall–Kier alpha value is -2.04. The molecule has 1 atom stereocenters. The highest BCUT2D eigenvalue weighted by Crippen LogP contribution is 2.43. The lowest BCUT2D eigenvalue weighted by Gasteiger charge is -2.33. The van der Waals surface area contributed by atoms with E-state index in [2.05, 4.69) is 0 Å². The molecule has 0 unspecified atom stereocenters. The number of likely N-dealkylation sites (tertiary alicyclic amines) is 1. The molecule has 2 fully saturated rings. The maximum absolute atomic E-state index is 13.2. The van der Waals surface area contributed by atoms with Crippen LogP contribution >= 0.6 is 0 Å². The van der Waals surface area contributed by atoms with Crippen LogP contribution in [-0.2, 0) is 15.0 Å². The normalized spacial score (nSPS) is 23.0. The number of benzene rings is 1. The molecular weight excluding hydrogens is 292 g/mol. The van der Waals surface area contributed by atoms with Gasteiger partial charge in [-0.25, -0.2) is 0 Å². The number of rotatable bonds is 4. The second-order valence-corrected chi connectivity index (χ2v) is 6.66. The predicted molar refractivity (Wildman–Crippen MR) is 87.0 cm³/mol. The van der Waals surface area contributed by atoms with E-state index < -0.39 is 5.41 Å². The number of amides is 2. The highest BCUT2D eigenvalue weighted by molar-refractivity contribution is 5.90. The van der Waals surface area contributed by atoms with Gasteiger partial charge < -0.3 is 15.4 Å². The van der Waals surface area contributed by atoms with Crippen LogP contribution in [0.2, 0.25) is 0 Å². The molecule has 1 aliphatic carbocycles. The van der Waals surface area contributed by atoms with Crippen LogP contribution in [0, 0.1) is 5.92 Å². The predicted octanol–water partition coefficient (Wildman–Crippen LogP) is 1.84. The van der Waals surface area contributed by atoms with Crippen LogP contribution in [0.5, 0.6) is 5.75 Å². The smallest absolute Gasteiger partial charge is 0.233 e. The number of hydrogen-bond donors (Lipinski definition) is 1. The maximum Gasteiger partial charge on any atom is 0.233 e. The Bertz CT molecular complexity index is 591. The van der Waals surface area contributed by atoms with Crippen LogP contribution in [0.1, 0.15) is 37.7 Å². The summed E-state index contributed by atoms with van der Waals surface area (Å²) in [4.78, 5) is 26.5. The minimum atomic E-state index is -0.446. The molecule has 1 heterocycles. The van der Waals surface area contributed by atoms with E-state index in [4.69, 9.17) is 10.5 Å². The first-order valence-electron chi connectivity index (χ1n) is 8.30. The summed E-state index contributed by atoms with van der Waals surface area (Å²) in [5, 5.41) is 0. The molecule has 23 heavy (non-hydrogen) atoms. The lowest BCUT2D eigenvalue weighted by atomic mass is 9.77. The Labute approximate surface area is 136 Å². The van der Waals surface area contributed by atoms with Crippen LogP contribution < -0.4 is 10.5 Å². The van der Waals surface area contributed by atoms with Crippen molar-refractivity contribution in [3.63, 3.8) is 0 Å². The summed E-state index contributed by atoms with van der Waals surface area (Å²) in [7, 11) is 1.64. The second-order valence-electron chi connectivity index (χ2n) is 6.66. The molecular formula is C18H24N2O3. The van der Waals surface area contributed by atoms with Crippen molar-refractivity contribution >= 4 is 11.8 Å². The van der Waals surface area contributed by atoms with Gasteiger partial charge in [-0.05, 0) is 37.0 Å². The van der Waals surface area contributed by atoms with Crippen LogP contribution in [-0.4, -0.2) is 36.9 Å². The maximum atomic E-state index is 13.2. The minimum absolute atomic E-state index is 0.156. The summed E-state index contributed by atoms with van der Waals surface area (Å²) in [5.41, 5.74) is 6.01. The first-order chi connectivity index (χ1) is 11.1. The fraction of sp³-hybridized carbons (Fsp3) is 0.556. The summed E-state index contributed by atoms with van der Waals surface area (Å²) in [5.74, 6) is 0.451. The zero-order valence-electron chi connectivity index (χ0n) is 13.6. The number of carbonyl (C=O) groups excluding carboxylic acids is 2. The van der Waals surface area contributed by atoms with E-state index in [9.17, 15) is 9.59 Å². The number of hydrogen-bond acceptors (Lipinski definition) is 3. The first kappa shape index (κ1) is 15.8. The van der Waals surface area contributed by atoms with Gasteiger partial charge in [0.2, 0.25) is 11.8 Å². The van der Waals surface area contributed by atoms with Crippen LogP contribution in [0.25, 0.3) is 0 Å². The van der Waals surface area contributed by atoms with Gasteiger partial charge in [-0.15, -0.1) is 0 Å². The van der Waals surface area contributed by atoms with Gasteiger partial charge in [0.1, 0.15) is 5.75 Å². The molecule has 1 aromatic rings. The SMILES string of the molecule is COc1ccc(C2(C(=O)N3CC[C@@H](C(N)=O)C3)CCCC2)cc1. The summed E-state index contributed by atoms with van der Waals surface area (Å²) in [6.45, 7) is 1.09. The van der Waals surface area contributed by atoms with Crippen molar-refractivity contribution in [3.8, 4) is 5.75 Å². The van der Waals surface area contributed by atoms with Gasteiger partial charge in [0.15, 0.2) is 0 Å². The summed E-state index contributed by atoms with van der Waals surface area (Å²) >= 11 is 0. The monoisotopic (exact) mass is 316 g/mol. The van der Waals surface area contributed by atoms with Gasteiger partial charge in [-0.2, -0.15) is 0 Å². The van der Waals surface area contributed by atoms with Gasteiger partial charge in [0, 0.05) is 13.1 Å². The molecule has 1 aromatic carbocycles. The van der Waals surface area contributed by atoms with E-state index in [0.717, 1.165) is 37.0 Å². The van der Waals surface area contributed by atoms with Crippen molar-refractivity contribution in [3.05, 3.63) is 29.8 Å². The van der Waals surface area contributed by atoms with Crippen molar-refractivity contribution in [1.29, 1.82) is 0 Å². The molecule has 0 radical (unpaired) electrons. The Morgan fingerprint density at radius 2 is 1.87 bits per heavy atom. The molecule has 2 N–H and O–H groups in total. The van der Waals surface area contributed by atoms with E-state index >= 15 is 0 Å². The zero-order valence-corrected chi connectivity index (χ0v) is 13.6. The highest BCUT2D eigenvalue weighted by atomic mass is 16.5. The second kappa shape index (κ2) is 6.22. The number of carbonyl (C=O) groups is 2. The number of ether oxygens (including phenoxy) is 1. The van der Waals surface area contributed by atoms with E-state index in [1.165, 1.54) is 0 Å². The average Bonchev–Trinajstić information content (AvgIpc) is 3.24. The number of nitrogens with two attached hydrogens (primary N) is 1. The van der Waals surface area contributed by atoms with E-state index in [0.29, 0.717) is 19.5 Å². The standard InChI is InChI=1S/C18H24N2O3/c1-23-15-6-4-14(5-7-15)18(9-2-3-10-18)17(22)20-11-8-13(12-20)16(19)21/h4-7,13H,2-3,8-12H2,1H3,(H2,19,21)/t13-/m1/s1. The summed E-state index contributed by atoms with van der Waals surface area (Å²) < 4.78 is 5.22. The largest absolute Gasteiger partial charge is 0.497 e. The average molecular weight is 316 g/mol. The molecule has 1 saturated carbocycles. The fourth-order valence-corrected chi connectivity index (χ4v) is 3.99. The Balaban J connectivity index is 1.85. The van der Waals surface area contributed by atoms with Crippen molar-refractivity contribution in [1.82, 2.24) is 4.90 Å². The van der Waals surface area contributed by atoms with Crippen molar-refractivity contribution < 1.29 is 14.3 Å². The molecule has 0 aromatic heterocycles. The summed E-state index contributed by atoms with van der Waals surface area (Å²) in [6.07, 6.45) is 4.54. The molecule has 1 saturated heterocycles. The number of methoxy groups -OCH3 is 1. The minimum Gasteiger partial charge on any atom is -0.497 e. The summed E-state index contributed by atoms with van der Waals surface area (Å²) in [6, 6.07) is 7.84. The van der Waals surface area contributed by atoms with Crippen LogP contribution in [0.4, 0.5) is 0 Å². The first-order valence-corrected chi connectivity index (χ1v) is 8.30. The molecule has 5 heteroatoms. The fourth-order valence-electron chi connectivity index (χ4n) is 3.99. The Kier molecular flexibility index (Phi) is 4.28. The van der Waals surface area contributed by atoms with Gasteiger partial charge in [0.05, 0.1) is 18.4 Å². The third-order valence-electron chi connectivity index (χ3n) is 5.39. The van der Waals surface area contributed by atoms with Gasteiger partial charge >= 0.3 is 0 Å². The molecule has 2 aliphatic rings. The molecule has 3 rings (SSSR count). The van der Waals surface area contributed by atoms with Gasteiger partial charge in [-0.3, -0.25) is 9.59 Å². The third-order valence-corrected chi connectivity index (χ3v) is 5.39. The lowest BCUT2D eigenvalue weighted by Crippen LogP contribution is -2.45. The van der Waals surface area contributed by atoms with Gasteiger partial charge in [-0.1, -0.05) is 25.0 Å². The molecule has 0 bridgehead atoms. The number of nitrogens with zero attached hydrogens (tertiary/aromatic N) is 1. The van der Waals surface area contributed by atoms with E-state index in [1.54, 1.807) is 7.11 Å². The highest BCUT2D eigenvalue weighted by Gasteiger charge is 2.46. The molecule has 124 valence electrons. The van der Waals surface area contributed by atoms with Crippen molar-refractivity contribution in [2.75, 3.05) is 20.2 Å². The lowest BCUT2D eigenvalue weighted by molar-refractivity contribution is -0.136. The van der Waals surface area contributed by atoms with E-state index in [-0.39, 0.29) is 17.7 Å².